The minimum absolute atomic E-state index is 0.0446. The molecule has 0 unspecified atom stereocenters. The average Bonchev–Trinajstić information content (AvgIpc) is 2.37. The number of ether oxygens (including phenoxy) is 1. The van der Waals surface area contributed by atoms with E-state index in [2.05, 4.69) is 10.6 Å². The SMILES string of the molecule is O=C(O)CNC(=O)NCCC(=O)N1CCOCC1. The number of carbonyl (C=O) groups excluding carboxylic acids is 2. The Hall–Kier alpha value is -1.83. The van der Waals surface area contributed by atoms with Crippen LogP contribution in [0.3, 0.4) is 0 Å². The number of hydrogen-bond donors (Lipinski definition) is 3. The van der Waals surface area contributed by atoms with Crippen LogP contribution in [-0.4, -0.2) is 67.3 Å². The highest BCUT2D eigenvalue weighted by Crippen LogP contribution is 1.99. The van der Waals surface area contributed by atoms with Crippen LogP contribution in [0.2, 0.25) is 0 Å². The second-order valence-corrected chi connectivity index (χ2v) is 3.75. The standard InChI is InChI=1S/C10H17N3O5/c14-8(13-3-5-18-6-4-13)1-2-11-10(17)12-7-9(15)16/h1-7H2,(H,15,16)(H2,11,12,17). The Morgan fingerprint density at radius 3 is 2.44 bits per heavy atom. The molecular formula is C10H17N3O5. The largest absolute Gasteiger partial charge is 0.480 e. The number of urea groups is 1. The summed E-state index contributed by atoms with van der Waals surface area (Å²) in [6.45, 7) is 1.97. The minimum Gasteiger partial charge on any atom is -0.480 e. The lowest BCUT2D eigenvalue weighted by Crippen LogP contribution is -2.43. The lowest BCUT2D eigenvalue weighted by molar-refractivity contribution is -0.136. The maximum atomic E-state index is 11.7. The van der Waals surface area contributed by atoms with Gasteiger partial charge in [0.15, 0.2) is 0 Å². The van der Waals surface area contributed by atoms with Crippen molar-refractivity contribution in [3.8, 4) is 0 Å². The van der Waals surface area contributed by atoms with Gasteiger partial charge in [0.1, 0.15) is 6.54 Å². The molecule has 102 valence electrons. The summed E-state index contributed by atoms with van der Waals surface area (Å²) in [6, 6.07) is -0.591. The number of hydrogen-bond acceptors (Lipinski definition) is 4. The van der Waals surface area contributed by atoms with Crippen LogP contribution in [0.25, 0.3) is 0 Å². The summed E-state index contributed by atoms with van der Waals surface area (Å²) in [7, 11) is 0. The second-order valence-electron chi connectivity index (χ2n) is 3.75. The van der Waals surface area contributed by atoms with E-state index >= 15 is 0 Å². The van der Waals surface area contributed by atoms with E-state index in [-0.39, 0.29) is 18.9 Å². The molecule has 1 saturated heterocycles. The molecular weight excluding hydrogens is 242 g/mol. The number of nitrogens with zero attached hydrogens (tertiary/aromatic N) is 1. The minimum atomic E-state index is -1.12. The van der Waals surface area contributed by atoms with Crippen molar-refractivity contribution in [3.63, 3.8) is 0 Å². The molecule has 0 aromatic carbocycles. The summed E-state index contributed by atoms with van der Waals surface area (Å²) in [5, 5.41) is 12.9. The van der Waals surface area contributed by atoms with Crippen molar-refractivity contribution < 1.29 is 24.2 Å². The van der Waals surface area contributed by atoms with Crippen LogP contribution in [0.5, 0.6) is 0 Å². The third-order valence-electron chi connectivity index (χ3n) is 2.39. The zero-order chi connectivity index (χ0) is 13.4. The number of rotatable bonds is 5. The molecule has 8 heteroatoms. The third kappa shape index (κ3) is 5.48. The number of nitrogens with one attached hydrogen (secondary N) is 2. The van der Waals surface area contributed by atoms with Gasteiger partial charge in [0.25, 0.3) is 0 Å². The Kier molecular flexibility index (Phi) is 5.92. The Bertz CT molecular complexity index is 315. The third-order valence-corrected chi connectivity index (χ3v) is 2.39. The van der Waals surface area contributed by atoms with Gasteiger partial charge in [0.2, 0.25) is 5.91 Å². The molecule has 0 radical (unpaired) electrons. The topological polar surface area (TPSA) is 108 Å². The fourth-order valence-corrected chi connectivity index (χ4v) is 1.47. The van der Waals surface area contributed by atoms with Crippen LogP contribution in [-0.2, 0) is 14.3 Å². The second kappa shape index (κ2) is 7.49. The van der Waals surface area contributed by atoms with Crippen molar-refractivity contribution in [1.29, 1.82) is 0 Å². The van der Waals surface area contributed by atoms with Gasteiger partial charge in [-0.3, -0.25) is 9.59 Å². The first-order chi connectivity index (χ1) is 8.59. The molecule has 8 nitrogen and oxygen atoms in total. The maximum absolute atomic E-state index is 11.7. The summed E-state index contributed by atoms with van der Waals surface area (Å²) < 4.78 is 5.12. The summed E-state index contributed by atoms with van der Waals surface area (Å²) in [5.41, 5.74) is 0. The number of carboxylic acids is 1. The molecule has 18 heavy (non-hydrogen) atoms. The number of amides is 3. The van der Waals surface area contributed by atoms with Crippen LogP contribution >= 0.6 is 0 Å². The Morgan fingerprint density at radius 1 is 1.17 bits per heavy atom. The molecule has 1 fully saturated rings. The van der Waals surface area contributed by atoms with E-state index < -0.39 is 18.5 Å². The van der Waals surface area contributed by atoms with E-state index in [0.29, 0.717) is 26.3 Å². The molecule has 1 aliphatic heterocycles. The van der Waals surface area contributed by atoms with Crippen molar-refractivity contribution in [2.45, 2.75) is 6.42 Å². The molecule has 1 aliphatic rings. The van der Waals surface area contributed by atoms with Gasteiger partial charge in [0.05, 0.1) is 13.2 Å². The van der Waals surface area contributed by atoms with Gasteiger partial charge >= 0.3 is 12.0 Å². The average molecular weight is 259 g/mol. The highest BCUT2D eigenvalue weighted by Gasteiger charge is 2.16. The van der Waals surface area contributed by atoms with E-state index in [1.165, 1.54) is 0 Å². The molecule has 0 aromatic rings. The summed E-state index contributed by atoms with van der Waals surface area (Å²) >= 11 is 0. The molecule has 3 amide bonds. The van der Waals surface area contributed by atoms with Gasteiger partial charge in [-0.05, 0) is 0 Å². The van der Waals surface area contributed by atoms with Crippen molar-refractivity contribution in [2.24, 2.45) is 0 Å². The van der Waals surface area contributed by atoms with E-state index in [4.69, 9.17) is 9.84 Å². The lowest BCUT2D eigenvalue weighted by atomic mass is 10.3. The molecule has 0 spiro atoms. The van der Waals surface area contributed by atoms with Crippen LogP contribution in [0.4, 0.5) is 4.79 Å². The molecule has 1 rings (SSSR count). The van der Waals surface area contributed by atoms with Gasteiger partial charge in [-0.25, -0.2) is 4.79 Å². The lowest BCUT2D eigenvalue weighted by Gasteiger charge is -2.26. The zero-order valence-corrected chi connectivity index (χ0v) is 9.98. The van der Waals surface area contributed by atoms with Crippen molar-refractivity contribution >= 4 is 17.9 Å². The first-order valence-corrected chi connectivity index (χ1v) is 5.68. The Labute approximate surface area is 104 Å². The predicted octanol–water partition coefficient (Wildman–Crippen LogP) is -1.38. The first-order valence-electron chi connectivity index (χ1n) is 5.68. The van der Waals surface area contributed by atoms with Crippen LogP contribution < -0.4 is 10.6 Å². The molecule has 0 atom stereocenters. The number of morpholine rings is 1. The zero-order valence-electron chi connectivity index (χ0n) is 9.98. The molecule has 0 aliphatic carbocycles. The van der Waals surface area contributed by atoms with Gasteiger partial charge in [-0.1, -0.05) is 0 Å². The van der Waals surface area contributed by atoms with Gasteiger partial charge in [-0.2, -0.15) is 0 Å². The monoisotopic (exact) mass is 259 g/mol. The Balaban J connectivity index is 2.10. The molecule has 0 bridgehead atoms. The van der Waals surface area contributed by atoms with E-state index in [1.807, 2.05) is 0 Å². The molecule has 0 saturated carbocycles. The molecule has 0 aromatic heterocycles. The highest BCUT2D eigenvalue weighted by molar-refractivity contribution is 5.81. The van der Waals surface area contributed by atoms with Gasteiger partial charge < -0.3 is 25.4 Å². The summed E-state index contributed by atoms with van der Waals surface area (Å²) in [5.74, 6) is -1.16. The van der Waals surface area contributed by atoms with Gasteiger partial charge in [0, 0.05) is 26.1 Å². The fourth-order valence-electron chi connectivity index (χ4n) is 1.47. The van der Waals surface area contributed by atoms with E-state index in [9.17, 15) is 14.4 Å². The number of aliphatic carboxylic acids is 1. The number of carboxylic acid groups (broad SMARTS) is 1. The van der Waals surface area contributed by atoms with Crippen molar-refractivity contribution in [2.75, 3.05) is 39.4 Å². The number of carbonyl (C=O) groups is 3. The molecule has 1 heterocycles. The normalized spacial score (nSPS) is 15.0. The summed E-state index contributed by atoms with van der Waals surface area (Å²) in [4.78, 5) is 34.6. The van der Waals surface area contributed by atoms with Crippen molar-refractivity contribution in [1.82, 2.24) is 15.5 Å². The van der Waals surface area contributed by atoms with Crippen molar-refractivity contribution in [3.05, 3.63) is 0 Å². The predicted molar refractivity (Wildman–Crippen MR) is 61.1 cm³/mol. The van der Waals surface area contributed by atoms with E-state index in [0.717, 1.165) is 0 Å². The van der Waals surface area contributed by atoms with Crippen LogP contribution in [0.15, 0.2) is 0 Å². The highest BCUT2D eigenvalue weighted by atomic mass is 16.5. The van der Waals surface area contributed by atoms with Crippen LogP contribution in [0.1, 0.15) is 6.42 Å². The molecule has 3 N–H and O–H groups in total. The first kappa shape index (κ1) is 14.2. The quantitative estimate of drug-likeness (QED) is 0.564. The fraction of sp³-hybridized carbons (Fsp3) is 0.700. The van der Waals surface area contributed by atoms with Gasteiger partial charge in [-0.15, -0.1) is 0 Å². The van der Waals surface area contributed by atoms with E-state index in [1.54, 1.807) is 4.90 Å². The smallest absolute Gasteiger partial charge is 0.323 e. The maximum Gasteiger partial charge on any atom is 0.323 e. The Morgan fingerprint density at radius 2 is 1.83 bits per heavy atom. The van der Waals surface area contributed by atoms with Crippen LogP contribution in [0, 0.1) is 0 Å². The summed E-state index contributed by atoms with van der Waals surface area (Å²) in [6.07, 6.45) is 0.195.